The molecule has 56 heavy (non-hydrogen) atoms. The SMILES string of the molecule is CCCCCC/C=C/C=C/CCCCCCCC(=O)OC[C@@H](COP(=O)(O)OC1C(O)C(O)C(O)[C@H](O)C1O)OC(=O)CCCCCCCCCCCCCC. The molecule has 1 fully saturated rings. The van der Waals surface area contributed by atoms with Gasteiger partial charge in [-0.2, -0.15) is 0 Å². The zero-order valence-corrected chi connectivity index (χ0v) is 35.3. The van der Waals surface area contributed by atoms with Crippen LogP contribution in [0.15, 0.2) is 24.3 Å². The first-order valence-corrected chi connectivity index (χ1v) is 23.2. The quantitative estimate of drug-likeness (QED) is 0.0157. The van der Waals surface area contributed by atoms with Crippen molar-refractivity contribution in [2.75, 3.05) is 13.2 Å². The van der Waals surface area contributed by atoms with Gasteiger partial charge in [-0.25, -0.2) is 4.57 Å². The highest BCUT2D eigenvalue weighted by Crippen LogP contribution is 2.47. The summed E-state index contributed by atoms with van der Waals surface area (Å²) in [5.74, 6) is -1.11. The van der Waals surface area contributed by atoms with E-state index in [-0.39, 0.29) is 12.8 Å². The summed E-state index contributed by atoms with van der Waals surface area (Å²) in [6, 6.07) is 0. The van der Waals surface area contributed by atoms with Gasteiger partial charge in [0.2, 0.25) is 0 Å². The van der Waals surface area contributed by atoms with E-state index in [9.17, 15) is 44.6 Å². The zero-order chi connectivity index (χ0) is 41.4. The lowest BCUT2D eigenvalue weighted by atomic mass is 9.85. The van der Waals surface area contributed by atoms with Gasteiger partial charge in [-0.3, -0.25) is 18.6 Å². The van der Waals surface area contributed by atoms with Crippen molar-refractivity contribution >= 4 is 19.8 Å². The highest BCUT2D eigenvalue weighted by Gasteiger charge is 2.51. The average Bonchev–Trinajstić information content (AvgIpc) is 3.18. The monoisotopic (exact) mass is 821 g/mol. The van der Waals surface area contributed by atoms with Crippen LogP contribution in [0.4, 0.5) is 0 Å². The van der Waals surface area contributed by atoms with Crippen LogP contribution in [0.2, 0.25) is 0 Å². The van der Waals surface area contributed by atoms with E-state index < -0.39 is 75.7 Å². The first kappa shape index (κ1) is 52.3. The van der Waals surface area contributed by atoms with E-state index >= 15 is 0 Å². The highest BCUT2D eigenvalue weighted by atomic mass is 31.2. The first-order valence-electron chi connectivity index (χ1n) is 21.7. The molecule has 1 aliphatic carbocycles. The number of carbonyl (C=O) groups excluding carboxylic acids is 2. The third-order valence-corrected chi connectivity index (χ3v) is 11.1. The van der Waals surface area contributed by atoms with Crippen LogP contribution in [0.3, 0.4) is 0 Å². The number of unbranched alkanes of at least 4 members (excludes halogenated alkanes) is 20. The van der Waals surface area contributed by atoms with Gasteiger partial charge in [-0.15, -0.1) is 0 Å². The predicted octanol–water partition coefficient (Wildman–Crippen LogP) is 7.67. The van der Waals surface area contributed by atoms with Crippen molar-refractivity contribution < 1.29 is 63.1 Å². The molecule has 0 aromatic carbocycles. The highest BCUT2D eigenvalue weighted by molar-refractivity contribution is 7.47. The number of aliphatic hydroxyl groups excluding tert-OH is 5. The maximum atomic E-state index is 12.8. The average molecular weight is 821 g/mol. The Hall–Kier alpha value is -1.67. The summed E-state index contributed by atoms with van der Waals surface area (Å²) in [6.45, 7) is 3.25. The molecule has 1 aliphatic rings. The second-order valence-corrected chi connectivity index (χ2v) is 16.6. The van der Waals surface area contributed by atoms with Gasteiger partial charge >= 0.3 is 19.8 Å². The molecule has 0 heterocycles. The van der Waals surface area contributed by atoms with Crippen LogP contribution in [0.1, 0.15) is 174 Å². The summed E-state index contributed by atoms with van der Waals surface area (Å²) in [4.78, 5) is 35.6. The molecular weight excluding hydrogens is 743 g/mol. The molecule has 0 bridgehead atoms. The van der Waals surface area contributed by atoms with E-state index in [0.29, 0.717) is 12.8 Å². The van der Waals surface area contributed by atoms with Crippen molar-refractivity contribution in [2.24, 2.45) is 0 Å². The molecule has 8 atom stereocenters. The largest absolute Gasteiger partial charge is 0.472 e. The molecule has 0 amide bonds. The summed E-state index contributed by atoms with van der Waals surface area (Å²) in [6.07, 6.45) is 21.0. The first-order chi connectivity index (χ1) is 26.9. The van der Waals surface area contributed by atoms with E-state index in [1.807, 2.05) is 0 Å². The van der Waals surface area contributed by atoms with Gasteiger partial charge in [0.25, 0.3) is 0 Å². The Labute approximate surface area is 336 Å². The number of rotatable bonds is 35. The van der Waals surface area contributed by atoms with E-state index in [1.54, 1.807) is 0 Å². The summed E-state index contributed by atoms with van der Waals surface area (Å²) in [5.41, 5.74) is 0. The lowest BCUT2D eigenvalue weighted by molar-refractivity contribution is -0.220. The molecule has 0 aromatic heterocycles. The number of carbonyl (C=O) groups is 2. The van der Waals surface area contributed by atoms with E-state index in [4.69, 9.17) is 18.5 Å². The van der Waals surface area contributed by atoms with Gasteiger partial charge in [0.1, 0.15) is 43.2 Å². The Morgan fingerprint density at radius 2 is 0.946 bits per heavy atom. The molecule has 6 N–H and O–H groups in total. The smallest absolute Gasteiger partial charge is 0.462 e. The predicted molar refractivity (Wildman–Crippen MR) is 217 cm³/mol. The summed E-state index contributed by atoms with van der Waals surface area (Å²) in [5, 5.41) is 50.0. The third kappa shape index (κ3) is 25.6. The van der Waals surface area contributed by atoms with E-state index in [2.05, 4.69) is 38.2 Å². The maximum absolute atomic E-state index is 12.8. The fourth-order valence-electron chi connectivity index (χ4n) is 6.51. The molecule has 1 saturated carbocycles. The van der Waals surface area contributed by atoms with Crippen LogP contribution in [-0.4, -0.2) is 98.3 Å². The summed E-state index contributed by atoms with van der Waals surface area (Å²) in [7, 11) is -5.11. The molecule has 0 aromatic rings. The number of esters is 2. The Morgan fingerprint density at radius 3 is 1.43 bits per heavy atom. The Balaban J connectivity index is 2.50. The van der Waals surface area contributed by atoms with Crippen molar-refractivity contribution in [1.29, 1.82) is 0 Å². The minimum atomic E-state index is -5.11. The Morgan fingerprint density at radius 1 is 0.554 bits per heavy atom. The van der Waals surface area contributed by atoms with Crippen molar-refractivity contribution in [3.8, 4) is 0 Å². The molecule has 0 aliphatic heterocycles. The zero-order valence-electron chi connectivity index (χ0n) is 34.4. The minimum Gasteiger partial charge on any atom is -0.462 e. The van der Waals surface area contributed by atoms with Crippen LogP contribution < -0.4 is 0 Å². The summed E-state index contributed by atoms with van der Waals surface area (Å²) < 4.78 is 33.4. The lowest BCUT2D eigenvalue weighted by Gasteiger charge is -2.41. The molecule has 0 radical (unpaired) electrons. The Bertz CT molecular complexity index is 1090. The second-order valence-electron chi connectivity index (χ2n) is 15.2. The third-order valence-electron chi connectivity index (χ3n) is 10.1. The molecule has 0 spiro atoms. The van der Waals surface area contributed by atoms with Crippen LogP contribution in [0.5, 0.6) is 0 Å². The van der Waals surface area contributed by atoms with Crippen LogP contribution in [0, 0.1) is 0 Å². The van der Waals surface area contributed by atoms with Gasteiger partial charge in [0.05, 0.1) is 6.61 Å². The number of ether oxygens (including phenoxy) is 2. The van der Waals surface area contributed by atoms with Crippen molar-refractivity contribution in [1.82, 2.24) is 0 Å². The molecule has 1 rings (SSSR count). The van der Waals surface area contributed by atoms with Gasteiger partial charge in [-0.05, 0) is 38.5 Å². The normalized spacial score (nSPS) is 23.1. The maximum Gasteiger partial charge on any atom is 0.472 e. The van der Waals surface area contributed by atoms with Crippen molar-refractivity contribution in [3.05, 3.63) is 24.3 Å². The van der Waals surface area contributed by atoms with Gasteiger partial charge in [0, 0.05) is 12.8 Å². The molecule has 328 valence electrons. The van der Waals surface area contributed by atoms with E-state index in [0.717, 1.165) is 64.2 Å². The molecule has 6 unspecified atom stereocenters. The molecule has 13 nitrogen and oxygen atoms in total. The van der Waals surface area contributed by atoms with Gasteiger partial charge < -0.3 is 39.9 Å². The van der Waals surface area contributed by atoms with Crippen molar-refractivity contribution in [3.63, 3.8) is 0 Å². The standard InChI is InChI=1S/C42H77O13P/c1-3-5-7-9-11-13-15-17-18-19-21-22-24-26-28-30-35(43)52-32-34(54-36(44)31-29-27-25-23-20-16-14-12-10-8-6-4-2)33-53-56(50,51)55-42-40(48)38(46)37(45)39(47)41(42)49/h13,15,17-18,34,37-42,45-49H,3-12,14,16,19-33H2,1-2H3,(H,50,51)/b15-13+,18-17+/t34-,37?,38-,39?,40?,41?,42?/m0/s1. The fourth-order valence-corrected chi connectivity index (χ4v) is 7.49. The van der Waals surface area contributed by atoms with Gasteiger partial charge in [0.15, 0.2) is 6.10 Å². The molecular formula is C42H77O13P. The minimum absolute atomic E-state index is 0.0966. The number of phosphoric acid groups is 1. The number of aliphatic hydroxyl groups is 5. The number of allylic oxidation sites excluding steroid dienone is 4. The van der Waals surface area contributed by atoms with E-state index in [1.165, 1.54) is 70.6 Å². The van der Waals surface area contributed by atoms with Crippen LogP contribution >= 0.6 is 7.82 Å². The summed E-state index contributed by atoms with van der Waals surface area (Å²) >= 11 is 0. The number of hydrogen-bond donors (Lipinski definition) is 6. The lowest BCUT2D eigenvalue weighted by Crippen LogP contribution is -2.64. The van der Waals surface area contributed by atoms with Crippen molar-refractivity contribution in [2.45, 2.75) is 217 Å². The van der Waals surface area contributed by atoms with Crippen LogP contribution in [-0.2, 0) is 32.7 Å². The molecule has 14 heteroatoms. The molecule has 0 saturated heterocycles. The fraction of sp³-hybridized carbons (Fsp3) is 0.857. The number of hydrogen-bond acceptors (Lipinski definition) is 12. The van der Waals surface area contributed by atoms with Crippen LogP contribution in [0.25, 0.3) is 0 Å². The Kier molecular flexibility index (Phi) is 31.0. The topological polar surface area (TPSA) is 210 Å². The second kappa shape index (κ2) is 33.2. The van der Waals surface area contributed by atoms with Gasteiger partial charge in [-0.1, -0.05) is 147 Å². The number of phosphoric ester groups is 1.